The number of hydrogen-bond acceptors (Lipinski definition) is 2. The molecule has 0 saturated carbocycles. The monoisotopic (exact) mass is 237 g/mol. The second-order valence-electron chi connectivity index (χ2n) is 3.96. The fourth-order valence-electron chi connectivity index (χ4n) is 1.85. The maximum atomic E-state index is 11.4. The van der Waals surface area contributed by atoms with Crippen LogP contribution in [0.1, 0.15) is 0 Å². The number of H-pyrrole nitrogens is 1. The molecule has 0 bridgehead atoms. The van der Waals surface area contributed by atoms with Gasteiger partial charge in [0.05, 0.1) is 5.52 Å². The number of benzene rings is 2. The lowest BCUT2D eigenvalue weighted by atomic mass is 10.2. The van der Waals surface area contributed by atoms with Crippen molar-refractivity contribution in [3.05, 3.63) is 71.0 Å². The molecule has 0 unspecified atom stereocenters. The first kappa shape index (κ1) is 10.6. The van der Waals surface area contributed by atoms with Gasteiger partial charge in [-0.05, 0) is 24.3 Å². The Morgan fingerprint density at radius 1 is 0.833 bits per heavy atom. The first-order chi connectivity index (χ1) is 8.83. The van der Waals surface area contributed by atoms with Crippen LogP contribution in [0.3, 0.4) is 0 Å². The lowest BCUT2D eigenvalue weighted by Crippen LogP contribution is -2.03. The molecule has 2 aromatic carbocycles. The van der Waals surface area contributed by atoms with E-state index in [0.717, 1.165) is 11.1 Å². The van der Waals surface area contributed by atoms with Crippen molar-refractivity contribution in [2.45, 2.75) is 0 Å². The smallest absolute Gasteiger partial charge is 0.248 e. The summed E-state index contributed by atoms with van der Waals surface area (Å²) in [7, 11) is 0. The molecule has 1 heterocycles. The number of nitrogens with one attached hydrogen (secondary N) is 1. The highest BCUT2D eigenvalue weighted by atomic mass is 16.5. The van der Waals surface area contributed by atoms with E-state index in [9.17, 15) is 4.79 Å². The van der Waals surface area contributed by atoms with E-state index in [1.165, 1.54) is 6.07 Å². The van der Waals surface area contributed by atoms with E-state index in [-0.39, 0.29) is 5.56 Å². The Morgan fingerprint density at radius 2 is 1.67 bits per heavy atom. The summed E-state index contributed by atoms with van der Waals surface area (Å²) in [5, 5.41) is 0.947. The van der Waals surface area contributed by atoms with E-state index in [2.05, 4.69) is 4.98 Å². The van der Waals surface area contributed by atoms with Crippen LogP contribution in [0.2, 0.25) is 0 Å². The van der Waals surface area contributed by atoms with Crippen LogP contribution in [0.4, 0.5) is 0 Å². The number of aromatic nitrogens is 1. The number of aromatic amines is 1. The predicted molar refractivity (Wildman–Crippen MR) is 71.1 cm³/mol. The molecular weight excluding hydrogens is 226 g/mol. The van der Waals surface area contributed by atoms with Crippen LogP contribution in [0.25, 0.3) is 10.9 Å². The van der Waals surface area contributed by atoms with E-state index in [1.54, 1.807) is 6.07 Å². The van der Waals surface area contributed by atoms with Gasteiger partial charge in [-0.2, -0.15) is 0 Å². The molecular formula is C15H11NO2. The molecule has 0 amide bonds. The van der Waals surface area contributed by atoms with Gasteiger partial charge in [-0.3, -0.25) is 4.79 Å². The highest BCUT2D eigenvalue weighted by Crippen LogP contribution is 2.27. The number of ether oxygens (including phenoxy) is 1. The van der Waals surface area contributed by atoms with Gasteiger partial charge in [0.1, 0.15) is 5.75 Å². The molecule has 0 saturated heterocycles. The summed E-state index contributed by atoms with van der Waals surface area (Å²) in [5.41, 5.74) is 0.584. The summed E-state index contributed by atoms with van der Waals surface area (Å²) in [6, 6.07) is 18.5. The van der Waals surface area contributed by atoms with Gasteiger partial charge in [0.25, 0.3) is 0 Å². The van der Waals surface area contributed by atoms with Crippen LogP contribution in [0.5, 0.6) is 11.5 Å². The van der Waals surface area contributed by atoms with Crippen molar-refractivity contribution in [2.24, 2.45) is 0 Å². The molecule has 0 aliphatic heterocycles. The zero-order valence-electron chi connectivity index (χ0n) is 9.59. The minimum absolute atomic E-state index is 0.133. The molecule has 0 aliphatic carbocycles. The average molecular weight is 237 g/mol. The highest BCUT2D eigenvalue weighted by molar-refractivity contribution is 5.84. The van der Waals surface area contributed by atoms with Gasteiger partial charge in [0.15, 0.2) is 5.75 Å². The van der Waals surface area contributed by atoms with E-state index in [0.29, 0.717) is 11.3 Å². The number of fused-ring (bicyclic) bond motifs is 1. The van der Waals surface area contributed by atoms with Gasteiger partial charge < -0.3 is 9.72 Å². The third kappa shape index (κ3) is 1.98. The Morgan fingerprint density at radius 3 is 2.50 bits per heavy atom. The van der Waals surface area contributed by atoms with Crippen LogP contribution >= 0.6 is 0 Å². The van der Waals surface area contributed by atoms with Gasteiger partial charge in [-0.1, -0.05) is 30.3 Å². The number of hydrogen-bond donors (Lipinski definition) is 1. The fraction of sp³-hybridized carbons (Fsp3) is 0. The third-order valence-corrected chi connectivity index (χ3v) is 2.69. The van der Waals surface area contributed by atoms with Gasteiger partial charge in [0.2, 0.25) is 5.56 Å². The predicted octanol–water partition coefficient (Wildman–Crippen LogP) is 3.32. The topological polar surface area (TPSA) is 42.1 Å². The Labute approximate surface area is 104 Å². The van der Waals surface area contributed by atoms with Crippen LogP contribution in [-0.4, -0.2) is 4.98 Å². The standard InChI is InChI=1S/C15H11NO2/c17-14-10-9-11-5-4-8-13(15(11)16-14)18-12-6-2-1-3-7-12/h1-10H,(H,16,17). The second kappa shape index (κ2) is 4.37. The molecule has 3 rings (SSSR count). The van der Waals surface area contributed by atoms with Crippen molar-refractivity contribution < 1.29 is 4.74 Å². The second-order valence-corrected chi connectivity index (χ2v) is 3.96. The lowest BCUT2D eigenvalue weighted by molar-refractivity contribution is 0.487. The molecule has 0 aliphatic rings. The average Bonchev–Trinajstić information content (AvgIpc) is 2.41. The van der Waals surface area contributed by atoms with E-state index < -0.39 is 0 Å². The van der Waals surface area contributed by atoms with Crippen molar-refractivity contribution in [3.8, 4) is 11.5 Å². The van der Waals surface area contributed by atoms with Crippen molar-refractivity contribution >= 4 is 10.9 Å². The van der Waals surface area contributed by atoms with Crippen LogP contribution in [0, 0.1) is 0 Å². The first-order valence-corrected chi connectivity index (χ1v) is 5.68. The van der Waals surface area contributed by atoms with Gasteiger partial charge in [-0.15, -0.1) is 0 Å². The summed E-state index contributed by atoms with van der Waals surface area (Å²) >= 11 is 0. The molecule has 3 heteroatoms. The van der Waals surface area contributed by atoms with E-state index >= 15 is 0 Å². The molecule has 0 fully saturated rings. The fourth-order valence-corrected chi connectivity index (χ4v) is 1.85. The molecule has 18 heavy (non-hydrogen) atoms. The Bertz CT molecular complexity index is 732. The summed E-state index contributed by atoms with van der Waals surface area (Å²) < 4.78 is 5.78. The Balaban J connectivity index is 2.12. The summed E-state index contributed by atoms with van der Waals surface area (Å²) in [4.78, 5) is 14.2. The first-order valence-electron chi connectivity index (χ1n) is 5.68. The normalized spacial score (nSPS) is 10.4. The van der Waals surface area contributed by atoms with E-state index in [4.69, 9.17) is 4.74 Å². The molecule has 1 aromatic heterocycles. The van der Waals surface area contributed by atoms with Gasteiger partial charge in [0, 0.05) is 11.5 Å². The summed E-state index contributed by atoms with van der Waals surface area (Å²) in [6.45, 7) is 0. The molecule has 0 atom stereocenters. The minimum atomic E-state index is -0.133. The zero-order chi connectivity index (χ0) is 12.4. The molecule has 88 valence electrons. The maximum absolute atomic E-state index is 11.4. The van der Waals surface area contributed by atoms with Gasteiger partial charge >= 0.3 is 0 Å². The van der Waals surface area contributed by atoms with Crippen LogP contribution in [-0.2, 0) is 0 Å². The van der Waals surface area contributed by atoms with Gasteiger partial charge in [-0.25, -0.2) is 0 Å². The molecule has 0 radical (unpaired) electrons. The zero-order valence-corrected chi connectivity index (χ0v) is 9.59. The number of pyridine rings is 1. The molecule has 0 spiro atoms. The van der Waals surface area contributed by atoms with Crippen molar-refractivity contribution in [2.75, 3.05) is 0 Å². The summed E-state index contributed by atoms with van der Waals surface area (Å²) in [6.07, 6.45) is 0. The van der Waals surface area contributed by atoms with Crippen LogP contribution in [0.15, 0.2) is 65.5 Å². The maximum Gasteiger partial charge on any atom is 0.248 e. The minimum Gasteiger partial charge on any atom is -0.455 e. The Hall–Kier alpha value is -2.55. The molecule has 3 aromatic rings. The van der Waals surface area contributed by atoms with Crippen molar-refractivity contribution in [1.29, 1.82) is 0 Å². The Kier molecular flexibility index (Phi) is 2.57. The molecule has 1 N–H and O–H groups in total. The molecule has 3 nitrogen and oxygen atoms in total. The van der Waals surface area contributed by atoms with Crippen molar-refractivity contribution in [1.82, 2.24) is 4.98 Å². The summed E-state index contributed by atoms with van der Waals surface area (Å²) in [5.74, 6) is 1.39. The SMILES string of the molecule is O=c1ccc2cccc(Oc3ccccc3)c2[nH]1. The quantitative estimate of drug-likeness (QED) is 0.742. The number of para-hydroxylation sites is 2. The van der Waals surface area contributed by atoms with E-state index in [1.807, 2.05) is 48.5 Å². The van der Waals surface area contributed by atoms with Crippen molar-refractivity contribution in [3.63, 3.8) is 0 Å². The highest BCUT2D eigenvalue weighted by Gasteiger charge is 2.03. The largest absolute Gasteiger partial charge is 0.455 e. The third-order valence-electron chi connectivity index (χ3n) is 2.69. The number of rotatable bonds is 2. The van der Waals surface area contributed by atoms with Crippen LogP contribution < -0.4 is 10.3 Å². The lowest BCUT2D eigenvalue weighted by Gasteiger charge is -2.08.